The summed E-state index contributed by atoms with van der Waals surface area (Å²) in [6, 6.07) is 69.4. The number of benzene rings is 5. The molecule has 506 valence electrons. The van der Waals surface area contributed by atoms with Crippen molar-refractivity contribution in [2.75, 3.05) is 0 Å². The highest BCUT2D eigenvalue weighted by atomic mass is 32.1. The number of para-hydroxylation sites is 5. The van der Waals surface area contributed by atoms with E-state index in [1.807, 2.05) is 117 Å². The maximum Gasteiger partial charge on any atom is 0.344 e. The van der Waals surface area contributed by atoms with Crippen LogP contribution in [0.25, 0.3) is 161 Å². The Labute approximate surface area is 613 Å². The Morgan fingerprint density at radius 1 is 0.308 bits per heavy atom. The van der Waals surface area contributed by atoms with Gasteiger partial charge < -0.3 is 8.98 Å². The Balaban J connectivity index is 0.0000000891. The molecule has 20 heteroatoms. The smallest absolute Gasteiger partial charge is 0.344 e. The molecule has 0 unspecified atom stereocenters. The number of rotatable bonds is 5. The number of thiophene rings is 1. The summed E-state index contributed by atoms with van der Waals surface area (Å²) in [6.45, 7) is 3.32. The molecule has 5 aromatic carbocycles. The first-order valence-electron chi connectivity index (χ1n) is 35.5. The van der Waals surface area contributed by atoms with E-state index in [-0.39, 0.29) is 0 Å². The predicted octanol–water partition coefficient (Wildman–Crippen LogP) is 15.3. The van der Waals surface area contributed by atoms with Gasteiger partial charge in [0, 0.05) is 121 Å². The Bertz CT molecular complexity index is 6950. The Morgan fingerprint density at radius 3 is 1.18 bits per heavy atom. The highest BCUT2D eigenvalue weighted by Crippen LogP contribution is 2.44. The van der Waals surface area contributed by atoms with Gasteiger partial charge in [-0.25, -0.2) is 18.3 Å². The number of aryl methyl sites for hydroxylation is 1. The molecule has 0 saturated heterocycles. The van der Waals surface area contributed by atoms with E-state index in [0.29, 0.717) is 0 Å². The molecule has 0 spiro atoms. The topological polar surface area (TPSA) is 161 Å². The van der Waals surface area contributed by atoms with Crippen LogP contribution in [0.5, 0.6) is 0 Å². The SMILES string of the molecule is Cn1c2cnccc2c2c1n(-c1ccccc1)c1[n+]2Cc2cnccc2-1.c1ccc(-n2c3[n+](c4c5ccncc5n(-c5ccccc5)c42)Cc2cnccc2-3)cc1.c1ccc(-n2c3[n+](c4c5ccncc5oc42)Cc2cnccc2-3)cc1.c1ccc(-n2c3[n+](c4c5ccncc5sc42)Cc2cnccc2-3)cc1. The molecule has 0 N–H and O–H groups in total. The zero-order chi connectivity index (χ0) is 70.4. The second-order valence-electron chi connectivity index (χ2n) is 27.1. The molecular weight excluding hydrogens is 1350 g/mol. The Morgan fingerprint density at radius 2 is 0.664 bits per heavy atom. The molecule has 0 saturated carbocycles. The molecule has 19 nitrogen and oxygen atoms in total. The number of pyridine rings is 8. The molecule has 25 rings (SSSR count). The summed E-state index contributed by atoms with van der Waals surface area (Å²) in [6.07, 6.45) is 30.5. The average molecular weight is 1410 g/mol. The lowest BCUT2D eigenvalue weighted by Crippen LogP contribution is -2.31. The number of nitrogens with zero attached hydrogens (tertiary/aromatic N) is 18. The summed E-state index contributed by atoms with van der Waals surface area (Å²) in [5.74, 6) is 4.78. The van der Waals surface area contributed by atoms with Crippen LogP contribution in [0.1, 0.15) is 22.3 Å². The van der Waals surface area contributed by atoms with E-state index in [4.69, 9.17) is 4.42 Å². The molecule has 20 heterocycles. The average Bonchev–Trinajstić information content (AvgIpc) is 1.54. The van der Waals surface area contributed by atoms with Crippen molar-refractivity contribution in [1.82, 2.24) is 67.3 Å². The van der Waals surface area contributed by atoms with Crippen LogP contribution in [-0.2, 0) is 33.2 Å². The fourth-order valence-corrected chi connectivity index (χ4v) is 18.1. The Hall–Kier alpha value is -14.2. The van der Waals surface area contributed by atoms with Crippen molar-refractivity contribution >= 4 is 98.1 Å². The number of hydrogen-bond donors (Lipinski definition) is 0. The lowest BCUT2D eigenvalue weighted by Gasteiger charge is -2.08. The monoisotopic (exact) mass is 1400 g/mol. The van der Waals surface area contributed by atoms with Crippen LogP contribution in [0, 0.1) is 0 Å². The van der Waals surface area contributed by atoms with Gasteiger partial charge in [-0.3, -0.25) is 44.4 Å². The summed E-state index contributed by atoms with van der Waals surface area (Å²) >= 11 is 1.81. The van der Waals surface area contributed by atoms with Gasteiger partial charge in [-0.2, -0.15) is 18.3 Å². The molecule has 4 aliphatic rings. The summed E-state index contributed by atoms with van der Waals surface area (Å²) in [5, 5.41) is 4.79. The highest BCUT2D eigenvalue weighted by Gasteiger charge is 2.43. The highest BCUT2D eigenvalue weighted by molar-refractivity contribution is 7.25. The van der Waals surface area contributed by atoms with Crippen molar-refractivity contribution in [1.29, 1.82) is 0 Å². The van der Waals surface area contributed by atoms with Gasteiger partial charge in [0.15, 0.2) is 11.1 Å². The third kappa shape index (κ3) is 9.05. The standard InChI is InChI=1S/C26H18N5.C21H16N5.C20H13N4O.C20H13N4S/c1-3-7-19(8-4-1)30-23-16-28-14-12-22(23)24-26(30)31(20-9-5-2-6-10-20)25-21-11-13-27-15-18(21)17-29(24)25;1-24-18-12-23-10-8-17(18)19-21(24)26(15-5-3-2-4-6-15)20-16-7-9-22-11-14(16)13-25(19)20;2*1-2-4-14(5-3-1)24-19-15-6-8-21-10-13(15)12-23(19)18-16-7-9-22-11-17(16)25-20(18)24/h1-16H,17H2;2-12H,13H2,1H3;2*1-11H,12H2/q4*+1. The van der Waals surface area contributed by atoms with Crippen LogP contribution in [0.15, 0.2) is 304 Å². The van der Waals surface area contributed by atoms with E-state index in [0.717, 1.165) is 93.6 Å². The summed E-state index contributed by atoms with van der Waals surface area (Å²) in [7, 11) is 2.12. The first-order valence-corrected chi connectivity index (χ1v) is 36.3. The molecule has 0 radical (unpaired) electrons. The van der Waals surface area contributed by atoms with Crippen molar-refractivity contribution in [2.24, 2.45) is 7.05 Å². The molecule has 107 heavy (non-hydrogen) atoms. The summed E-state index contributed by atoms with van der Waals surface area (Å²) < 4.78 is 30.9. The van der Waals surface area contributed by atoms with Gasteiger partial charge in [-0.1, -0.05) is 102 Å². The third-order valence-corrected chi connectivity index (χ3v) is 22.4. The second kappa shape index (κ2) is 23.9. The van der Waals surface area contributed by atoms with Crippen LogP contribution in [0.3, 0.4) is 0 Å². The maximum absolute atomic E-state index is 6.21. The van der Waals surface area contributed by atoms with Gasteiger partial charge >= 0.3 is 5.71 Å². The summed E-state index contributed by atoms with van der Waals surface area (Å²) in [5.41, 5.74) is 26.8. The minimum absolute atomic E-state index is 0.797. The molecule has 0 amide bonds. The van der Waals surface area contributed by atoms with Crippen LogP contribution in [0.4, 0.5) is 0 Å². The lowest BCUT2D eigenvalue weighted by atomic mass is 10.1. The summed E-state index contributed by atoms with van der Waals surface area (Å²) in [4.78, 5) is 35.9. The van der Waals surface area contributed by atoms with Gasteiger partial charge in [0.2, 0.25) is 21.4 Å². The first-order chi connectivity index (χ1) is 53.1. The molecule has 21 aromatic rings. The third-order valence-electron chi connectivity index (χ3n) is 21.3. The molecule has 4 aliphatic heterocycles. The van der Waals surface area contributed by atoms with E-state index in [9.17, 15) is 0 Å². The Kier molecular flexibility index (Phi) is 13.5. The van der Waals surface area contributed by atoms with Crippen LogP contribution < -0.4 is 18.3 Å². The van der Waals surface area contributed by atoms with Crippen molar-refractivity contribution in [3.63, 3.8) is 0 Å². The van der Waals surface area contributed by atoms with Gasteiger partial charge in [-0.15, -0.1) is 0 Å². The van der Waals surface area contributed by atoms with E-state index >= 15 is 0 Å². The number of furan rings is 1. The van der Waals surface area contributed by atoms with Gasteiger partial charge in [-0.05, 0) is 109 Å². The maximum atomic E-state index is 6.21. The number of imidazole rings is 4. The fourth-order valence-electron chi connectivity index (χ4n) is 16.9. The number of hydrogen-bond acceptors (Lipinski definition) is 10. The fraction of sp³-hybridized carbons (Fsp3) is 0.0575. The van der Waals surface area contributed by atoms with E-state index < -0.39 is 0 Å². The number of fused-ring (bicyclic) bond motifs is 28. The van der Waals surface area contributed by atoms with Crippen molar-refractivity contribution in [3.05, 3.63) is 322 Å². The molecule has 0 aliphatic carbocycles. The minimum Gasteiger partial charge on any atom is -0.417 e. The van der Waals surface area contributed by atoms with Gasteiger partial charge in [0.05, 0.1) is 72.7 Å². The zero-order valence-corrected chi connectivity index (χ0v) is 58.3. The van der Waals surface area contributed by atoms with Crippen LogP contribution in [-0.4, -0.2) is 67.3 Å². The van der Waals surface area contributed by atoms with Crippen molar-refractivity contribution < 1.29 is 22.7 Å². The largest absolute Gasteiger partial charge is 0.417 e. The van der Waals surface area contributed by atoms with Crippen molar-refractivity contribution in [2.45, 2.75) is 26.2 Å². The quantitative estimate of drug-likeness (QED) is 0.153. The predicted molar refractivity (Wildman–Crippen MR) is 413 cm³/mol. The molecule has 16 aromatic heterocycles. The molecule has 0 bridgehead atoms. The minimum atomic E-state index is 0.797. The molecule has 0 atom stereocenters. The first kappa shape index (κ1) is 60.4. The zero-order valence-electron chi connectivity index (χ0n) is 57.5. The van der Waals surface area contributed by atoms with E-state index in [1.54, 1.807) is 17.5 Å². The van der Waals surface area contributed by atoms with Crippen molar-refractivity contribution in [3.8, 4) is 74.0 Å². The van der Waals surface area contributed by atoms with E-state index in [2.05, 4.69) is 269 Å². The molecule has 0 fully saturated rings. The normalized spacial score (nSPS) is 12.6. The van der Waals surface area contributed by atoms with E-state index in [1.165, 1.54) is 116 Å². The van der Waals surface area contributed by atoms with Crippen LogP contribution >= 0.6 is 11.3 Å². The second-order valence-corrected chi connectivity index (χ2v) is 28.1. The van der Waals surface area contributed by atoms with Gasteiger partial charge in [0.1, 0.15) is 48.9 Å². The van der Waals surface area contributed by atoms with Gasteiger partial charge in [0.25, 0.3) is 34.6 Å². The number of aromatic nitrogens is 18. The van der Waals surface area contributed by atoms with Crippen LogP contribution in [0.2, 0.25) is 0 Å². The molecular formula is C87H60N18OS+4. The lowest BCUT2D eigenvalue weighted by molar-refractivity contribution is -0.645.